The molecule has 0 atom stereocenters. The first-order valence-corrected chi connectivity index (χ1v) is 4.56. The fourth-order valence-electron chi connectivity index (χ4n) is 1.12. The van der Waals surface area contributed by atoms with E-state index in [-0.39, 0.29) is 23.8 Å². The van der Waals surface area contributed by atoms with Gasteiger partial charge in [0.05, 0.1) is 25.2 Å². The van der Waals surface area contributed by atoms with Crippen LogP contribution in [0.1, 0.15) is 13.8 Å². The molecule has 1 aliphatic rings. The summed E-state index contributed by atoms with van der Waals surface area (Å²) in [6.07, 6.45) is 0. The first kappa shape index (κ1) is 10.5. The molecule has 4 heteroatoms. The Morgan fingerprint density at radius 2 is 2.23 bits per heavy atom. The highest BCUT2D eigenvalue weighted by Gasteiger charge is 2.38. The van der Waals surface area contributed by atoms with Gasteiger partial charge >= 0.3 is 0 Å². The molecule has 4 nitrogen and oxygen atoms in total. The molecule has 1 aliphatic heterocycles. The lowest BCUT2D eigenvalue weighted by Crippen LogP contribution is -2.53. The van der Waals surface area contributed by atoms with Crippen LogP contribution < -0.4 is 5.32 Å². The molecule has 1 fully saturated rings. The number of carbonyl (C=O) groups is 1. The summed E-state index contributed by atoms with van der Waals surface area (Å²) in [6, 6.07) is 0. The van der Waals surface area contributed by atoms with E-state index in [0.717, 1.165) is 0 Å². The highest BCUT2D eigenvalue weighted by atomic mass is 16.5. The van der Waals surface area contributed by atoms with E-state index in [4.69, 9.17) is 9.84 Å². The highest BCUT2D eigenvalue weighted by molar-refractivity contribution is 5.77. The quantitative estimate of drug-likeness (QED) is 0.639. The molecule has 0 spiro atoms. The number of ether oxygens (including phenoxy) is 1. The zero-order valence-corrected chi connectivity index (χ0v) is 8.17. The SMILES string of the molecule is CC(C)C(=O)NCC1(CO)COC1. The van der Waals surface area contributed by atoms with Crippen LogP contribution in [0.2, 0.25) is 0 Å². The van der Waals surface area contributed by atoms with Crippen LogP contribution in [0.5, 0.6) is 0 Å². The van der Waals surface area contributed by atoms with Gasteiger partial charge in [0.2, 0.25) is 5.91 Å². The summed E-state index contributed by atoms with van der Waals surface area (Å²) in [5.41, 5.74) is -0.218. The van der Waals surface area contributed by atoms with E-state index in [0.29, 0.717) is 19.8 Å². The van der Waals surface area contributed by atoms with Gasteiger partial charge in [0, 0.05) is 12.5 Å². The Hall–Kier alpha value is -0.610. The number of hydrogen-bond donors (Lipinski definition) is 2. The first-order chi connectivity index (χ1) is 6.09. The molecule has 1 amide bonds. The predicted molar refractivity (Wildman–Crippen MR) is 48.2 cm³/mol. The van der Waals surface area contributed by atoms with E-state index in [1.54, 1.807) is 0 Å². The lowest BCUT2D eigenvalue weighted by atomic mass is 9.87. The van der Waals surface area contributed by atoms with Crippen LogP contribution in [0.25, 0.3) is 0 Å². The van der Waals surface area contributed by atoms with Crippen LogP contribution in [0.15, 0.2) is 0 Å². The zero-order valence-electron chi connectivity index (χ0n) is 8.17. The van der Waals surface area contributed by atoms with Gasteiger partial charge in [-0.1, -0.05) is 13.8 Å². The lowest BCUT2D eigenvalue weighted by Gasteiger charge is -2.39. The maximum Gasteiger partial charge on any atom is 0.222 e. The first-order valence-electron chi connectivity index (χ1n) is 4.56. The molecule has 1 rings (SSSR count). The number of nitrogens with one attached hydrogen (secondary N) is 1. The molecule has 0 bridgehead atoms. The average Bonchev–Trinajstić information content (AvgIpc) is 2.02. The van der Waals surface area contributed by atoms with Crippen molar-refractivity contribution in [3.8, 4) is 0 Å². The van der Waals surface area contributed by atoms with Crippen LogP contribution in [0, 0.1) is 11.3 Å². The van der Waals surface area contributed by atoms with Gasteiger partial charge in [0.1, 0.15) is 0 Å². The minimum absolute atomic E-state index is 0.00302. The van der Waals surface area contributed by atoms with Crippen molar-refractivity contribution in [2.75, 3.05) is 26.4 Å². The van der Waals surface area contributed by atoms with Crippen molar-refractivity contribution in [2.24, 2.45) is 11.3 Å². The summed E-state index contributed by atoms with van der Waals surface area (Å²) in [7, 11) is 0. The summed E-state index contributed by atoms with van der Waals surface area (Å²) >= 11 is 0. The Labute approximate surface area is 78.3 Å². The smallest absolute Gasteiger partial charge is 0.222 e. The highest BCUT2D eigenvalue weighted by Crippen LogP contribution is 2.25. The molecule has 1 saturated heterocycles. The Bertz CT molecular complexity index is 182. The summed E-state index contributed by atoms with van der Waals surface area (Å²) in [5.74, 6) is 0.0245. The van der Waals surface area contributed by atoms with Crippen molar-refractivity contribution in [1.29, 1.82) is 0 Å². The van der Waals surface area contributed by atoms with Gasteiger partial charge in [-0.3, -0.25) is 4.79 Å². The Balaban J connectivity index is 2.28. The number of aliphatic hydroxyl groups excluding tert-OH is 1. The van der Waals surface area contributed by atoms with E-state index >= 15 is 0 Å². The third kappa shape index (κ3) is 2.42. The van der Waals surface area contributed by atoms with Crippen molar-refractivity contribution < 1.29 is 14.6 Å². The topological polar surface area (TPSA) is 58.6 Å². The van der Waals surface area contributed by atoms with Crippen molar-refractivity contribution in [1.82, 2.24) is 5.32 Å². The van der Waals surface area contributed by atoms with E-state index in [1.807, 2.05) is 13.8 Å². The molecule has 0 unspecified atom stereocenters. The van der Waals surface area contributed by atoms with Crippen molar-refractivity contribution in [2.45, 2.75) is 13.8 Å². The maximum absolute atomic E-state index is 11.2. The third-order valence-electron chi connectivity index (χ3n) is 2.31. The number of carbonyl (C=O) groups excluding carboxylic acids is 1. The minimum Gasteiger partial charge on any atom is -0.396 e. The molecule has 0 saturated carbocycles. The Kier molecular flexibility index (Phi) is 3.27. The second-order valence-electron chi connectivity index (χ2n) is 4.02. The predicted octanol–water partition coefficient (Wildman–Crippen LogP) is -0.233. The van der Waals surface area contributed by atoms with E-state index < -0.39 is 0 Å². The van der Waals surface area contributed by atoms with Crippen LogP contribution >= 0.6 is 0 Å². The second-order valence-corrected chi connectivity index (χ2v) is 4.02. The van der Waals surface area contributed by atoms with E-state index in [1.165, 1.54) is 0 Å². The van der Waals surface area contributed by atoms with Gasteiger partial charge in [-0.25, -0.2) is 0 Å². The molecular weight excluding hydrogens is 170 g/mol. The fraction of sp³-hybridized carbons (Fsp3) is 0.889. The van der Waals surface area contributed by atoms with Crippen molar-refractivity contribution >= 4 is 5.91 Å². The number of aliphatic hydroxyl groups is 1. The van der Waals surface area contributed by atoms with Crippen molar-refractivity contribution in [3.63, 3.8) is 0 Å². The maximum atomic E-state index is 11.2. The summed E-state index contributed by atoms with van der Waals surface area (Å²) in [4.78, 5) is 11.2. The average molecular weight is 187 g/mol. The summed E-state index contributed by atoms with van der Waals surface area (Å²) in [6.45, 7) is 5.37. The van der Waals surface area contributed by atoms with Crippen molar-refractivity contribution in [3.05, 3.63) is 0 Å². The molecular formula is C9H17NO3. The van der Waals surface area contributed by atoms with E-state index in [9.17, 15) is 4.79 Å². The molecule has 1 heterocycles. The summed E-state index contributed by atoms with van der Waals surface area (Å²) < 4.78 is 5.01. The Morgan fingerprint density at radius 3 is 2.54 bits per heavy atom. The minimum atomic E-state index is -0.218. The van der Waals surface area contributed by atoms with E-state index in [2.05, 4.69) is 5.32 Å². The number of amides is 1. The van der Waals surface area contributed by atoms with Crippen LogP contribution in [0.4, 0.5) is 0 Å². The van der Waals surface area contributed by atoms with Gasteiger partial charge in [0.15, 0.2) is 0 Å². The van der Waals surface area contributed by atoms with Gasteiger partial charge < -0.3 is 15.2 Å². The molecule has 0 radical (unpaired) electrons. The van der Waals surface area contributed by atoms with Gasteiger partial charge in [0.25, 0.3) is 0 Å². The molecule has 76 valence electrons. The standard InChI is InChI=1S/C9H17NO3/c1-7(2)8(12)10-3-9(4-11)5-13-6-9/h7,11H,3-6H2,1-2H3,(H,10,12). The molecule has 0 aromatic rings. The van der Waals surface area contributed by atoms with Crippen LogP contribution in [0.3, 0.4) is 0 Å². The third-order valence-corrected chi connectivity index (χ3v) is 2.31. The zero-order chi connectivity index (χ0) is 9.90. The van der Waals surface area contributed by atoms with Crippen LogP contribution in [-0.2, 0) is 9.53 Å². The second kappa shape index (κ2) is 4.07. The number of hydrogen-bond acceptors (Lipinski definition) is 3. The fourth-order valence-corrected chi connectivity index (χ4v) is 1.12. The molecule has 2 N–H and O–H groups in total. The lowest BCUT2D eigenvalue weighted by molar-refractivity contribution is -0.141. The molecule has 13 heavy (non-hydrogen) atoms. The van der Waals surface area contributed by atoms with Gasteiger partial charge in [-0.05, 0) is 0 Å². The summed E-state index contributed by atoms with van der Waals surface area (Å²) in [5, 5.41) is 11.9. The normalized spacial score (nSPS) is 19.7. The van der Waals surface area contributed by atoms with Gasteiger partial charge in [-0.15, -0.1) is 0 Å². The molecule has 0 aromatic heterocycles. The largest absolute Gasteiger partial charge is 0.396 e. The van der Waals surface area contributed by atoms with Gasteiger partial charge in [-0.2, -0.15) is 0 Å². The molecule has 0 aromatic carbocycles. The monoisotopic (exact) mass is 187 g/mol. The van der Waals surface area contributed by atoms with Crippen LogP contribution in [-0.4, -0.2) is 37.4 Å². The number of rotatable bonds is 4. The molecule has 0 aliphatic carbocycles. The Morgan fingerprint density at radius 1 is 1.62 bits per heavy atom.